The molecule has 30 heavy (non-hydrogen) atoms. The molecule has 2 aromatic rings. The molecule has 0 aliphatic carbocycles. The minimum absolute atomic E-state index is 0.190. The van der Waals surface area contributed by atoms with Crippen molar-refractivity contribution >= 4 is 29.6 Å². The predicted molar refractivity (Wildman–Crippen MR) is 111 cm³/mol. The smallest absolute Gasteiger partial charge is 0.335 e. The molecule has 1 heterocycles. The molecule has 0 saturated carbocycles. The highest BCUT2D eigenvalue weighted by molar-refractivity contribution is 6.39. The van der Waals surface area contributed by atoms with Crippen LogP contribution in [0.5, 0.6) is 17.2 Å². The molecule has 0 unspecified atom stereocenters. The van der Waals surface area contributed by atoms with E-state index in [0.717, 1.165) is 11.3 Å². The zero-order chi connectivity index (χ0) is 21.7. The maximum atomic E-state index is 13.0. The number of carbonyl (C=O) groups excluding carboxylic acids is 3. The van der Waals surface area contributed by atoms with Gasteiger partial charge in [-0.3, -0.25) is 14.9 Å². The first kappa shape index (κ1) is 20.9. The fourth-order valence-electron chi connectivity index (χ4n) is 2.90. The van der Waals surface area contributed by atoms with E-state index in [2.05, 4.69) is 5.32 Å². The first-order valence-corrected chi connectivity index (χ1v) is 9.34. The lowest BCUT2D eigenvalue weighted by Gasteiger charge is -2.26. The van der Waals surface area contributed by atoms with Crippen LogP contribution in [0.15, 0.2) is 48.0 Å². The van der Waals surface area contributed by atoms with E-state index in [1.165, 1.54) is 20.3 Å². The number of nitrogens with one attached hydrogen (secondary N) is 1. The number of barbiturate groups is 1. The number of hydrogen-bond acceptors (Lipinski definition) is 6. The zero-order valence-corrected chi connectivity index (χ0v) is 16.9. The van der Waals surface area contributed by atoms with Crippen molar-refractivity contribution in [3.63, 3.8) is 0 Å². The fraction of sp³-hybridized carbons (Fsp3) is 0.227. The van der Waals surface area contributed by atoms with Crippen molar-refractivity contribution in [1.82, 2.24) is 5.32 Å². The van der Waals surface area contributed by atoms with Gasteiger partial charge in [0.15, 0.2) is 0 Å². The van der Waals surface area contributed by atoms with Gasteiger partial charge in [-0.1, -0.05) is 6.92 Å². The number of anilines is 1. The molecule has 3 rings (SSSR count). The molecule has 0 bridgehead atoms. The average Bonchev–Trinajstić information content (AvgIpc) is 2.75. The summed E-state index contributed by atoms with van der Waals surface area (Å²) in [7, 11) is 2.99. The maximum Gasteiger partial charge on any atom is 0.335 e. The first-order valence-electron chi connectivity index (χ1n) is 9.34. The molecule has 1 aliphatic rings. The Bertz CT molecular complexity index is 997. The molecular formula is C22H22N2O6. The normalized spacial score (nSPS) is 15.2. The van der Waals surface area contributed by atoms with Crippen LogP contribution in [0, 0.1) is 0 Å². The molecule has 1 N–H and O–H groups in total. The minimum Gasteiger partial charge on any atom is -0.497 e. The lowest BCUT2D eigenvalue weighted by atomic mass is 10.1. The van der Waals surface area contributed by atoms with Gasteiger partial charge in [-0.05, 0) is 48.9 Å². The van der Waals surface area contributed by atoms with E-state index in [1.54, 1.807) is 42.5 Å². The van der Waals surface area contributed by atoms with Crippen molar-refractivity contribution < 1.29 is 28.6 Å². The van der Waals surface area contributed by atoms with E-state index in [1.807, 2.05) is 6.92 Å². The molecule has 1 fully saturated rings. The number of nitrogens with zero attached hydrogens (tertiary/aromatic N) is 1. The lowest BCUT2D eigenvalue weighted by Crippen LogP contribution is -2.54. The number of imide groups is 2. The minimum atomic E-state index is -0.814. The molecule has 1 aliphatic heterocycles. The standard InChI is InChI=1S/C22H22N2O6/c1-4-11-30-16-9-6-15(7-10-16)24-21(26)18(20(25)23-22(24)27)12-14-5-8-17(28-2)13-19(14)29-3/h5-10,12-13H,4,11H2,1-3H3,(H,23,25,27)/b18-12-. The third-order valence-corrected chi connectivity index (χ3v) is 4.41. The number of amides is 4. The van der Waals surface area contributed by atoms with Gasteiger partial charge in [-0.15, -0.1) is 0 Å². The van der Waals surface area contributed by atoms with Gasteiger partial charge in [-0.25, -0.2) is 9.69 Å². The summed E-state index contributed by atoms with van der Waals surface area (Å²) < 4.78 is 16.0. The van der Waals surface area contributed by atoms with Crippen LogP contribution in [0.25, 0.3) is 6.08 Å². The van der Waals surface area contributed by atoms with Crippen LogP contribution in [-0.2, 0) is 9.59 Å². The first-order chi connectivity index (χ1) is 14.5. The van der Waals surface area contributed by atoms with Crippen molar-refractivity contribution in [2.75, 3.05) is 25.7 Å². The Morgan fingerprint density at radius 1 is 0.967 bits per heavy atom. The quantitative estimate of drug-likeness (QED) is 0.557. The number of hydrogen-bond donors (Lipinski definition) is 1. The second-order valence-corrected chi connectivity index (χ2v) is 6.41. The third kappa shape index (κ3) is 4.27. The Labute approximate surface area is 174 Å². The molecule has 0 spiro atoms. The summed E-state index contributed by atoms with van der Waals surface area (Å²) in [4.78, 5) is 38.6. The topological polar surface area (TPSA) is 94.2 Å². The number of urea groups is 1. The Morgan fingerprint density at radius 2 is 1.67 bits per heavy atom. The van der Waals surface area contributed by atoms with Crippen LogP contribution in [0.3, 0.4) is 0 Å². The maximum absolute atomic E-state index is 13.0. The fourth-order valence-corrected chi connectivity index (χ4v) is 2.90. The van der Waals surface area contributed by atoms with E-state index in [0.29, 0.717) is 35.1 Å². The van der Waals surface area contributed by atoms with Crippen molar-refractivity contribution in [2.24, 2.45) is 0 Å². The SMILES string of the molecule is CCCOc1ccc(N2C(=O)NC(=O)/C(=C/c3ccc(OC)cc3OC)C2=O)cc1. The predicted octanol–water partition coefficient (Wildman–Crippen LogP) is 3.16. The summed E-state index contributed by atoms with van der Waals surface area (Å²) in [6, 6.07) is 10.7. The van der Waals surface area contributed by atoms with E-state index >= 15 is 0 Å². The van der Waals surface area contributed by atoms with Gasteiger partial charge < -0.3 is 14.2 Å². The average molecular weight is 410 g/mol. The Kier molecular flexibility index (Phi) is 6.36. The molecule has 8 heteroatoms. The number of methoxy groups -OCH3 is 2. The van der Waals surface area contributed by atoms with Crippen LogP contribution in [0.2, 0.25) is 0 Å². The summed E-state index contributed by atoms with van der Waals surface area (Å²) in [5.41, 5.74) is 0.625. The van der Waals surface area contributed by atoms with Crippen LogP contribution < -0.4 is 24.4 Å². The largest absolute Gasteiger partial charge is 0.497 e. The van der Waals surface area contributed by atoms with E-state index in [-0.39, 0.29) is 5.57 Å². The van der Waals surface area contributed by atoms with Gasteiger partial charge in [0.2, 0.25) is 0 Å². The van der Waals surface area contributed by atoms with Crippen molar-refractivity contribution in [3.05, 3.63) is 53.6 Å². The van der Waals surface area contributed by atoms with Crippen LogP contribution in [-0.4, -0.2) is 38.7 Å². The van der Waals surface area contributed by atoms with Crippen LogP contribution in [0.1, 0.15) is 18.9 Å². The number of rotatable bonds is 7. The van der Waals surface area contributed by atoms with E-state index in [4.69, 9.17) is 14.2 Å². The van der Waals surface area contributed by atoms with Gasteiger partial charge >= 0.3 is 6.03 Å². The molecular weight excluding hydrogens is 388 g/mol. The van der Waals surface area contributed by atoms with Crippen LogP contribution in [0.4, 0.5) is 10.5 Å². The summed E-state index contributed by atoms with van der Waals surface area (Å²) in [5, 5.41) is 2.20. The third-order valence-electron chi connectivity index (χ3n) is 4.41. The molecule has 2 aromatic carbocycles. The summed E-state index contributed by atoms with van der Waals surface area (Å²) in [6.45, 7) is 2.56. The molecule has 4 amide bonds. The lowest BCUT2D eigenvalue weighted by molar-refractivity contribution is -0.122. The van der Waals surface area contributed by atoms with Gasteiger partial charge in [0.1, 0.15) is 22.8 Å². The number of carbonyl (C=O) groups is 3. The molecule has 1 saturated heterocycles. The molecule has 0 aromatic heterocycles. The van der Waals surface area contributed by atoms with Gasteiger partial charge in [-0.2, -0.15) is 0 Å². The Morgan fingerprint density at radius 3 is 2.30 bits per heavy atom. The molecule has 156 valence electrons. The van der Waals surface area contributed by atoms with Crippen LogP contribution >= 0.6 is 0 Å². The number of benzene rings is 2. The second-order valence-electron chi connectivity index (χ2n) is 6.41. The second kappa shape index (κ2) is 9.13. The molecule has 0 radical (unpaired) electrons. The van der Waals surface area contributed by atoms with Crippen molar-refractivity contribution in [2.45, 2.75) is 13.3 Å². The monoisotopic (exact) mass is 410 g/mol. The Balaban J connectivity index is 1.94. The Hall–Kier alpha value is -3.81. The van der Waals surface area contributed by atoms with Gasteiger partial charge in [0.05, 0.1) is 26.5 Å². The van der Waals surface area contributed by atoms with E-state index in [9.17, 15) is 14.4 Å². The van der Waals surface area contributed by atoms with E-state index < -0.39 is 17.8 Å². The summed E-state index contributed by atoms with van der Waals surface area (Å²) >= 11 is 0. The highest BCUT2D eigenvalue weighted by atomic mass is 16.5. The summed E-state index contributed by atoms with van der Waals surface area (Å²) in [6.07, 6.45) is 2.24. The molecule has 0 atom stereocenters. The van der Waals surface area contributed by atoms with Crippen molar-refractivity contribution in [3.8, 4) is 17.2 Å². The van der Waals surface area contributed by atoms with Crippen molar-refractivity contribution in [1.29, 1.82) is 0 Å². The highest BCUT2D eigenvalue weighted by Gasteiger charge is 2.37. The highest BCUT2D eigenvalue weighted by Crippen LogP contribution is 2.29. The molecule has 8 nitrogen and oxygen atoms in total. The van der Waals surface area contributed by atoms with Gasteiger partial charge in [0, 0.05) is 11.6 Å². The summed E-state index contributed by atoms with van der Waals surface area (Å²) in [5.74, 6) is 0.102. The van der Waals surface area contributed by atoms with Gasteiger partial charge in [0.25, 0.3) is 11.8 Å². The zero-order valence-electron chi connectivity index (χ0n) is 16.9. The number of ether oxygens (including phenoxy) is 3.